The van der Waals surface area contributed by atoms with Crippen LogP contribution in [0.3, 0.4) is 0 Å². The van der Waals surface area contributed by atoms with Gasteiger partial charge in [-0.2, -0.15) is 0 Å². The summed E-state index contributed by atoms with van der Waals surface area (Å²) in [5, 5.41) is 9.93. The molecule has 1 saturated heterocycles. The lowest BCUT2D eigenvalue weighted by atomic mass is 9.82. The molecule has 0 aromatic heterocycles. The van der Waals surface area contributed by atoms with Gasteiger partial charge < -0.3 is 10.0 Å². The zero-order valence-corrected chi connectivity index (χ0v) is 9.71. The average molecular weight is 220 g/mol. The summed E-state index contributed by atoms with van der Waals surface area (Å²) in [5.74, 6) is 0.437. The first-order valence-electron chi connectivity index (χ1n) is 4.98. The van der Waals surface area contributed by atoms with E-state index in [9.17, 15) is 9.90 Å². The van der Waals surface area contributed by atoms with Crippen molar-refractivity contribution in [3.05, 3.63) is 0 Å². The van der Waals surface area contributed by atoms with Gasteiger partial charge >= 0.3 is 0 Å². The second-order valence-electron chi connectivity index (χ2n) is 4.51. The minimum Gasteiger partial charge on any atom is -0.386 e. The van der Waals surface area contributed by atoms with Gasteiger partial charge in [-0.3, -0.25) is 4.79 Å². The number of hydrogen-bond acceptors (Lipinski definition) is 2. The summed E-state index contributed by atoms with van der Waals surface area (Å²) >= 11 is 5.60. The Hall–Kier alpha value is -0.280. The van der Waals surface area contributed by atoms with Gasteiger partial charge in [0.2, 0.25) is 5.91 Å². The van der Waals surface area contributed by atoms with E-state index in [0.717, 1.165) is 0 Å². The Kier molecular flexibility index (Phi) is 3.43. The highest BCUT2D eigenvalue weighted by atomic mass is 35.5. The highest BCUT2D eigenvalue weighted by Gasteiger charge is 2.46. The van der Waals surface area contributed by atoms with E-state index in [1.807, 2.05) is 20.8 Å². The van der Waals surface area contributed by atoms with Crippen molar-refractivity contribution in [2.75, 3.05) is 19.0 Å². The molecular formula is C10H18ClNO2. The standard InChI is InChI=1S/C10H18ClNO2/c1-7(2)10(14)5-12(6-10)9(13)8(3)4-11/h7-8,14H,4-6H2,1-3H3. The van der Waals surface area contributed by atoms with Gasteiger partial charge in [0.15, 0.2) is 0 Å². The van der Waals surface area contributed by atoms with E-state index >= 15 is 0 Å². The van der Waals surface area contributed by atoms with Gasteiger partial charge in [0.05, 0.1) is 13.1 Å². The Morgan fingerprint density at radius 3 is 2.36 bits per heavy atom. The maximum atomic E-state index is 11.6. The molecule has 1 rings (SSSR count). The molecule has 0 radical (unpaired) electrons. The maximum Gasteiger partial charge on any atom is 0.226 e. The Bertz CT molecular complexity index is 224. The number of halogens is 1. The van der Waals surface area contributed by atoms with E-state index in [-0.39, 0.29) is 17.7 Å². The summed E-state index contributed by atoms with van der Waals surface area (Å²) < 4.78 is 0. The molecule has 1 N–H and O–H groups in total. The molecule has 4 heteroatoms. The predicted molar refractivity (Wildman–Crippen MR) is 56.3 cm³/mol. The molecule has 0 aliphatic carbocycles. The Morgan fingerprint density at radius 1 is 1.50 bits per heavy atom. The summed E-state index contributed by atoms with van der Waals surface area (Å²) in [4.78, 5) is 13.3. The number of nitrogens with zero attached hydrogens (tertiary/aromatic N) is 1. The Labute approximate surface area is 90.0 Å². The number of amides is 1. The summed E-state index contributed by atoms with van der Waals surface area (Å²) in [6.45, 7) is 6.64. The van der Waals surface area contributed by atoms with Crippen molar-refractivity contribution in [3.63, 3.8) is 0 Å². The van der Waals surface area contributed by atoms with Crippen LogP contribution in [0.5, 0.6) is 0 Å². The maximum absolute atomic E-state index is 11.6. The van der Waals surface area contributed by atoms with Gasteiger partial charge in [0, 0.05) is 11.8 Å². The normalized spacial score (nSPS) is 22.0. The Morgan fingerprint density at radius 2 is 2.00 bits per heavy atom. The molecule has 82 valence electrons. The number of hydrogen-bond donors (Lipinski definition) is 1. The highest BCUT2D eigenvalue weighted by Crippen LogP contribution is 2.29. The van der Waals surface area contributed by atoms with Crippen LogP contribution in [-0.2, 0) is 4.79 Å². The number of alkyl halides is 1. The van der Waals surface area contributed by atoms with E-state index in [2.05, 4.69) is 0 Å². The van der Waals surface area contributed by atoms with Crippen molar-refractivity contribution in [2.24, 2.45) is 11.8 Å². The molecule has 0 aromatic carbocycles. The van der Waals surface area contributed by atoms with Crippen LogP contribution in [-0.4, -0.2) is 40.5 Å². The van der Waals surface area contributed by atoms with Gasteiger partial charge in [-0.05, 0) is 5.92 Å². The molecule has 0 bridgehead atoms. The van der Waals surface area contributed by atoms with Crippen LogP contribution in [0.1, 0.15) is 20.8 Å². The summed E-state index contributed by atoms with van der Waals surface area (Å²) in [5.41, 5.74) is -0.679. The molecule has 0 saturated carbocycles. The molecule has 3 nitrogen and oxygen atoms in total. The molecule has 1 unspecified atom stereocenters. The topological polar surface area (TPSA) is 40.5 Å². The summed E-state index contributed by atoms with van der Waals surface area (Å²) in [6.07, 6.45) is 0. The monoisotopic (exact) mass is 219 g/mol. The molecule has 14 heavy (non-hydrogen) atoms. The number of likely N-dealkylation sites (tertiary alicyclic amines) is 1. The molecule has 1 aliphatic heterocycles. The van der Waals surface area contributed by atoms with Gasteiger partial charge in [0.1, 0.15) is 5.60 Å². The minimum atomic E-state index is -0.679. The van der Waals surface area contributed by atoms with E-state index < -0.39 is 5.60 Å². The van der Waals surface area contributed by atoms with Crippen LogP contribution in [0.25, 0.3) is 0 Å². The quantitative estimate of drug-likeness (QED) is 0.722. The average Bonchev–Trinajstić information content (AvgIpc) is 2.10. The number of β-amino-alcohol motifs (C(OH)–C–C–N with tert-alkyl or cyclic N) is 1. The van der Waals surface area contributed by atoms with E-state index in [0.29, 0.717) is 19.0 Å². The zero-order chi connectivity index (χ0) is 10.9. The van der Waals surface area contributed by atoms with Gasteiger partial charge in [-0.15, -0.1) is 11.6 Å². The summed E-state index contributed by atoms with van der Waals surface area (Å²) in [7, 11) is 0. The fourth-order valence-electron chi connectivity index (χ4n) is 1.51. The summed E-state index contributed by atoms with van der Waals surface area (Å²) in [6, 6.07) is 0. The smallest absolute Gasteiger partial charge is 0.226 e. The van der Waals surface area contributed by atoms with Crippen LogP contribution in [0.4, 0.5) is 0 Å². The fourth-order valence-corrected chi connectivity index (χ4v) is 1.65. The van der Waals surface area contributed by atoms with Crippen LogP contribution >= 0.6 is 11.6 Å². The molecule has 0 aromatic rings. The predicted octanol–water partition coefficient (Wildman–Crippen LogP) is 1.09. The van der Waals surface area contributed by atoms with Crippen molar-refractivity contribution in [1.82, 2.24) is 4.90 Å². The number of aliphatic hydroxyl groups is 1. The van der Waals surface area contributed by atoms with Crippen molar-refractivity contribution < 1.29 is 9.90 Å². The number of carbonyl (C=O) groups excluding carboxylic acids is 1. The van der Waals surface area contributed by atoms with Crippen LogP contribution in [0.15, 0.2) is 0 Å². The molecule has 1 amide bonds. The largest absolute Gasteiger partial charge is 0.386 e. The first kappa shape index (κ1) is 11.8. The molecular weight excluding hydrogens is 202 g/mol. The van der Waals surface area contributed by atoms with E-state index in [1.54, 1.807) is 4.90 Å². The fraction of sp³-hybridized carbons (Fsp3) is 0.900. The third-order valence-electron chi connectivity index (χ3n) is 2.97. The van der Waals surface area contributed by atoms with Crippen LogP contribution in [0, 0.1) is 11.8 Å². The van der Waals surface area contributed by atoms with Crippen molar-refractivity contribution in [1.29, 1.82) is 0 Å². The van der Waals surface area contributed by atoms with E-state index in [4.69, 9.17) is 11.6 Å². The highest BCUT2D eigenvalue weighted by molar-refractivity contribution is 6.19. The Balaban J connectivity index is 2.45. The first-order chi connectivity index (χ1) is 6.40. The van der Waals surface area contributed by atoms with E-state index in [1.165, 1.54) is 0 Å². The number of rotatable bonds is 3. The molecule has 1 fully saturated rings. The van der Waals surface area contributed by atoms with Crippen molar-refractivity contribution in [2.45, 2.75) is 26.4 Å². The minimum absolute atomic E-state index is 0.0466. The lowest BCUT2D eigenvalue weighted by Crippen LogP contribution is -2.66. The SMILES string of the molecule is CC(CCl)C(=O)N1CC(O)(C(C)C)C1. The van der Waals surface area contributed by atoms with Gasteiger partial charge in [0.25, 0.3) is 0 Å². The lowest BCUT2D eigenvalue weighted by Gasteiger charge is -2.49. The van der Waals surface area contributed by atoms with Crippen molar-refractivity contribution >= 4 is 17.5 Å². The third kappa shape index (κ3) is 2.04. The first-order valence-corrected chi connectivity index (χ1v) is 5.51. The second kappa shape index (κ2) is 4.07. The van der Waals surface area contributed by atoms with Gasteiger partial charge in [-0.1, -0.05) is 20.8 Å². The van der Waals surface area contributed by atoms with Crippen molar-refractivity contribution in [3.8, 4) is 0 Å². The lowest BCUT2D eigenvalue weighted by molar-refractivity contribution is -0.166. The molecule has 1 aliphatic rings. The van der Waals surface area contributed by atoms with Gasteiger partial charge in [-0.25, -0.2) is 0 Å². The van der Waals surface area contributed by atoms with Crippen LogP contribution in [0.2, 0.25) is 0 Å². The number of carbonyl (C=O) groups is 1. The van der Waals surface area contributed by atoms with Crippen LogP contribution < -0.4 is 0 Å². The second-order valence-corrected chi connectivity index (χ2v) is 4.82. The molecule has 1 atom stereocenters. The molecule has 1 heterocycles. The third-order valence-corrected chi connectivity index (χ3v) is 3.43. The molecule has 0 spiro atoms. The zero-order valence-electron chi connectivity index (χ0n) is 8.96.